The number of thioether (sulfide) groups is 1. The third-order valence-electron chi connectivity index (χ3n) is 4.71. The molecule has 0 spiro atoms. The van der Waals surface area contributed by atoms with E-state index in [1.54, 1.807) is 11.8 Å². The maximum absolute atomic E-state index is 6.08. The molecule has 1 aliphatic rings. The molecule has 2 heterocycles. The van der Waals surface area contributed by atoms with E-state index in [1.165, 1.54) is 0 Å². The van der Waals surface area contributed by atoms with Gasteiger partial charge in [0.25, 0.3) is 0 Å². The Morgan fingerprint density at radius 1 is 1.07 bits per heavy atom. The maximum atomic E-state index is 6.08. The summed E-state index contributed by atoms with van der Waals surface area (Å²) in [5.74, 6) is 3.14. The van der Waals surface area contributed by atoms with Crippen LogP contribution in [0.1, 0.15) is 25.6 Å². The molecule has 0 aliphatic carbocycles. The third-order valence-corrected chi connectivity index (χ3v) is 6.02. The summed E-state index contributed by atoms with van der Waals surface area (Å²) in [6.45, 7) is 3.74. The molecular formula is C22H24ClN3O3S. The fourth-order valence-electron chi connectivity index (χ4n) is 3.23. The van der Waals surface area contributed by atoms with Crippen LogP contribution in [0.15, 0.2) is 53.7 Å². The smallest absolute Gasteiger partial charge is 0.196 e. The van der Waals surface area contributed by atoms with Crippen molar-refractivity contribution in [3.63, 3.8) is 0 Å². The Morgan fingerprint density at radius 3 is 2.47 bits per heavy atom. The van der Waals surface area contributed by atoms with Gasteiger partial charge >= 0.3 is 0 Å². The molecule has 2 aromatic carbocycles. The molecule has 1 aliphatic heterocycles. The number of nitrogens with zero attached hydrogens (tertiary/aromatic N) is 3. The first-order valence-electron chi connectivity index (χ1n) is 10.0. The van der Waals surface area contributed by atoms with Crippen molar-refractivity contribution in [2.24, 2.45) is 0 Å². The largest absolute Gasteiger partial charge is 0.494 e. The lowest BCUT2D eigenvalue weighted by Crippen LogP contribution is -2.10. The minimum atomic E-state index is 0.272. The molecule has 1 aromatic heterocycles. The highest BCUT2D eigenvalue weighted by Gasteiger charge is 2.20. The molecule has 0 amide bonds. The molecule has 0 bridgehead atoms. The lowest BCUT2D eigenvalue weighted by atomic mass is 10.3. The van der Waals surface area contributed by atoms with E-state index in [2.05, 4.69) is 10.2 Å². The minimum Gasteiger partial charge on any atom is -0.494 e. The first-order chi connectivity index (χ1) is 14.7. The van der Waals surface area contributed by atoms with Crippen LogP contribution in [0.2, 0.25) is 5.02 Å². The Balaban J connectivity index is 1.51. The zero-order valence-electron chi connectivity index (χ0n) is 16.8. The lowest BCUT2D eigenvalue weighted by Gasteiger charge is -2.13. The summed E-state index contributed by atoms with van der Waals surface area (Å²) >= 11 is 7.73. The van der Waals surface area contributed by atoms with Crippen LogP contribution in [-0.4, -0.2) is 39.8 Å². The van der Waals surface area contributed by atoms with E-state index in [9.17, 15) is 0 Å². The fraction of sp³-hybridized carbons (Fsp3) is 0.364. The molecule has 4 rings (SSSR count). The molecule has 30 heavy (non-hydrogen) atoms. The monoisotopic (exact) mass is 445 g/mol. The predicted octanol–water partition coefficient (Wildman–Crippen LogP) is 5.17. The second-order valence-electron chi connectivity index (χ2n) is 6.85. The van der Waals surface area contributed by atoms with E-state index in [1.807, 2.05) is 60.0 Å². The van der Waals surface area contributed by atoms with Crippen LogP contribution in [0.5, 0.6) is 11.5 Å². The normalized spacial score (nSPS) is 16.0. The van der Waals surface area contributed by atoms with E-state index in [-0.39, 0.29) is 6.10 Å². The zero-order chi connectivity index (χ0) is 20.8. The van der Waals surface area contributed by atoms with Crippen molar-refractivity contribution in [2.75, 3.05) is 19.0 Å². The average Bonchev–Trinajstić information content (AvgIpc) is 3.42. The summed E-state index contributed by atoms with van der Waals surface area (Å²) in [7, 11) is 0. The number of rotatable bonds is 9. The number of hydrogen-bond donors (Lipinski definition) is 0. The molecule has 1 fully saturated rings. The van der Waals surface area contributed by atoms with Gasteiger partial charge in [0.2, 0.25) is 0 Å². The summed E-state index contributed by atoms with van der Waals surface area (Å²) in [6.07, 6.45) is 2.49. The van der Waals surface area contributed by atoms with Crippen LogP contribution >= 0.6 is 23.4 Å². The van der Waals surface area contributed by atoms with E-state index < -0.39 is 0 Å². The number of aromatic nitrogens is 3. The van der Waals surface area contributed by atoms with Crippen molar-refractivity contribution in [1.29, 1.82) is 0 Å². The van der Waals surface area contributed by atoms with E-state index in [0.717, 1.165) is 53.4 Å². The molecular weight excluding hydrogens is 422 g/mol. The maximum Gasteiger partial charge on any atom is 0.196 e. The van der Waals surface area contributed by atoms with Crippen LogP contribution in [0.4, 0.5) is 0 Å². The zero-order valence-corrected chi connectivity index (χ0v) is 18.4. The Morgan fingerprint density at radius 2 is 1.80 bits per heavy atom. The minimum absolute atomic E-state index is 0.272. The molecule has 1 atom stereocenters. The molecule has 0 radical (unpaired) electrons. The SMILES string of the molecule is CCOc1ccc(OCc2nnc(SCC3CCCO3)n2-c2ccc(Cl)cc2)cc1. The van der Waals surface area contributed by atoms with Gasteiger partial charge in [-0.1, -0.05) is 23.4 Å². The van der Waals surface area contributed by atoms with Crippen molar-refractivity contribution < 1.29 is 14.2 Å². The number of halogens is 1. The molecule has 8 heteroatoms. The fourth-order valence-corrected chi connectivity index (χ4v) is 4.39. The number of ether oxygens (including phenoxy) is 3. The first kappa shape index (κ1) is 21.0. The second kappa shape index (κ2) is 10.2. The highest BCUT2D eigenvalue weighted by Crippen LogP contribution is 2.27. The molecule has 6 nitrogen and oxygen atoms in total. The van der Waals surface area contributed by atoms with Gasteiger partial charge in [-0.25, -0.2) is 0 Å². The molecule has 3 aromatic rings. The van der Waals surface area contributed by atoms with Crippen molar-refractivity contribution in [3.8, 4) is 17.2 Å². The topological polar surface area (TPSA) is 58.4 Å². The van der Waals surface area contributed by atoms with Crippen molar-refractivity contribution in [2.45, 2.75) is 37.6 Å². The van der Waals surface area contributed by atoms with Crippen LogP contribution in [0.25, 0.3) is 5.69 Å². The van der Waals surface area contributed by atoms with Crippen LogP contribution in [0, 0.1) is 0 Å². The second-order valence-corrected chi connectivity index (χ2v) is 8.27. The summed E-state index contributed by atoms with van der Waals surface area (Å²) in [5, 5.41) is 10.3. The molecule has 1 saturated heterocycles. The highest BCUT2D eigenvalue weighted by molar-refractivity contribution is 7.99. The Labute approximate surface area is 185 Å². The standard InChI is InChI=1S/C22H24ClN3O3S/c1-2-27-18-9-11-19(12-10-18)29-14-21-24-25-22(30-15-20-4-3-13-28-20)26(21)17-7-5-16(23)6-8-17/h5-12,20H,2-4,13-15H2,1H3. The van der Waals surface area contributed by atoms with Gasteiger partial charge < -0.3 is 14.2 Å². The Hall–Kier alpha value is -2.22. The summed E-state index contributed by atoms with van der Waals surface area (Å²) in [6, 6.07) is 15.2. The summed E-state index contributed by atoms with van der Waals surface area (Å²) in [5.41, 5.74) is 0.949. The third kappa shape index (κ3) is 5.28. The number of hydrogen-bond acceptors (Lipinski definition) is 6. The van der Waals surface area contributed by atoms with Gasteiger partial charge in [0.05, 0.1) is 12.7 Å². The summed E-state index contributed by atoms with van der Waals surface area (Å²) in [4.78, 5) is 0. The van der Waals surface area contributed by atoms with Crippen molar-refractivity contribution in [3.05, 3.63) is 59.4 Å². The van der Waals surface area contributed by atoms with Gasteiger partial charge in [-0.3, -0.25) is 4.57 Å². The lowest BCUT2D eigenvalue weighted by molar-refractivity contribution is 0.129. The quantitative estimate of drug-likeness (QED) is 0.423. The van der Waals surface area contributed by atoms with Gasteiger partial charge in [0.15, 0.2) is 11.0 Å². The van der Waals surface area contributed by atoms with Gasteiger partial charge in [-0.15, -0.1) is 10.2 Å². The molecule has 0 N–H and O–H groups in total. The highest BCUT2D eigenvalue weighted by atomic mass is 35.5. The van der Waals surface area contributed by atoms with Gasteiger partial charge in [0, 0.05) is 23.1 Å². The first-order valence-corrected chi connectivity index (χ1v) is 11.4. The summed E-state index contributed by atoms with van der Waals surface area (Å²) < 4.78 is 19.2. The Kier molecular flexibility index (Phi) is 7.15. The average molecular weight is 446 g/mol. The van der Waals surface area contributed by atoms with Crippen LogP contribution < -0.4 is 9.47 Å². The molecule has 1 unspecified atom stereocenters. The molecule has 0 saturated carbocycles. The van der Waals surface area contributed by atoms with Crippen LogP contribution in [-0.2, 0) is 11.3 Å². The van der Waals surface area contributed by atoms with Gasteiger partial charge in [-0.05, 0) is 68.3 Å². The van der Waals surface area contributed by atoms with E-state index in [0.29, 0.717) is 18.2 Å². The van der Waals surface area contributed by atoms with Crippen molar-refractivity contribution >= 4 is 23.4 Å². The predicted molar refractivity (Wildman–Crippen MR) is 118 cm³/mol. The van der Waals surface area contributed by atoms with E-state index in [4.69, 9.17) is 25.8 Å². The van der Waals surface area contributed by atoms with E-state index >= 15 is 0 Å². The molecule has 158 valence electrons. The van der Waals surface area contributed by atoms with Crippen molar-refractivity contribution in [1.82, 2.24) is 14.8 Å². The van der Waals surface area contributed by atoms with Crippen LogP contribution in [0.3, 0.4) is 0 Å². The van der Waals surface area contributed by atoms with Gasteiger partial charge in [0.1, 0.15) is 18.1 Å². The number of benzene rings is 2. The van der Waals surface area contributed by atoms with Gasteiger partial charge in [-0.2, -0.15) is 0 Å². The Bertz CT molecular complexity index is 941.